The maximum Gasteiger partial charge on any atom is 0.333 e. The van der Waals surface area contributed by atoms with E-state index in [1.807, 2.05) is 0 Å². The predicted octanol–water partition coefficient (Wildman–Crippen LogP) is 0.941. The number of carbonyl (C=O) groups is 2. The van der Waals surface area contributed by atoms with Crippen molar-refractivity contribution in [3.63, 3.8) is 0 Å². The molecular weight excluding hydrogens is 144 g/mol. The van der Waals surface area contributed by atoms with E-state index in [1.165, 1.54) is 7.11 Å². The van der Waals surface area contributed by atoms with Gasteiger partial charge in [-0.05, 0) is 6.42 Å². The largest absolute Gasteiger partial charge is 0.466 e. The summed E-state index contributed by atoms with van der Waals surface area (Å²) in [5, 5.41) is 0. The average molecular weight is 156 g/mol. The van der Waals surface area contributed by atoms with Gasteiger partial charge in [-0.2, -0.15) is 0 Å². The van der Waals surface area contributed by atoms with Crippen molar-refractivity contribution in [1.29, 1.82) is 0 Å². The van der Waals surface area contributed by atoms with Crippen LogP contribution in [0.2, 0.25) is 0 Å². The predicted molar refractivity (Wildman–Crippen MR) is 41.0 cm³/mol. The molecule has 1 unspecified atom stereocenters. The molecule has 3 nitrogen and oxygen atoms in total. The number of aldehydes is 1. The number of rotatable bonds is 4. The maximum absolute atomic E-state index is 10.7. The molecular formula is C8H12O3. The van der Waals surface area contributed by atoms with Crippen LogP contribution in [-0.2, 0) is 14.3 Å². The maximum atomic E-state index is 10.7. The second-order valence-corrected chi connectivity index (χ2v) is 2.41. The van der Waals surface area contributed by atoms with E-state index in [2.05, 4.69) is 11.3 Å². The van der Waals surface area contributed by atoms with Crippen LogP contribution in [0.15, 0.2) is 12.2 Å². The SMILES string of the molecule is C=C(CC(C)C=O)C(=O)OC. The highest BCUT2D eigenvalue weighted by molar-refractivity contribution is 5.88. The van der Waals surface area contributed by atoms with E-state index in [0.717, 1.165) is 6.29 Å². The first kappa shape index (κ1) is 9.88. The Bertz CT molecular complexity index is 172. The zero-order valence-corrected chi connectivity index (χ0v) is 6.79. The van der Waals surface area contributed by atoms with Crippen LogP contribution in [0.3, 0.4) is 0 Å². The lowest BCUT2D eigenvalue weighted by atomic mass is 10.0. The van der Waals surface area contributed by atoms with Gasteiger partial charge in [0, 0.05) is 11.5 Å². The Morgan fingerprint density at radius 1 is 1.73 bits per heavy atom. The zero-order valence-electron chi connectivity index (χ0n) is 6.79. The van der Waals surface area contributed by atoms with Gasteiger partial charge in [0.2, 0.25) is 0 Å². The average Bonchev–Trinajstić information content (AvgIpc) is 2.02. The molecule has 0 aliphatic carbocycles. The van der Waals surface area contributed by atoms with Gasteiger partial charge in [-0.3, -0.25) is 0 Å². The third-order valence-electron chi connectivity index (χ3n) is 1.27. The number of methoxy groups -OCH3 is 1. The molecule has 0 saturated carbocycles. The van der Waals surface area contributed by atoms with E-state index < -0.39 is 5.97 Å². The van der Waals surface area contributed by atoms with E-state index >= 15 is 0 Å². The summed E-state index contributed by atoms with van der Waals surface area (Å²) >= 11 is 0. The Balaban J connectivity index is 3.87. The molecule has 0 heterocycles. The Kier molecular flexibility index (Phi) is 4.18. The summed E-state index contributed by atoms with van der Waals surface area (Å²) in [6.07, 6.45) is 1.16. The smallest absolute Gasteiger partial charge is 0.333 e. The van der Waals surface area contributed by atoms with Gasteiger partial charge in [0.05, 0.1) is 7.11 Å². The quantitative estimate of drug-likeness (QED) is 0.345. The lowest BCUT2D eigenvalue weighted by molar-refractivity contribution is -0.136. The molecule has 3 heteroatoms. The van der Waals surface area contributed by atoms with Crippen LogP contribution < -0.4 is 0 Å². The summed E-state index contributed by atoms with van der Waals surface area (Å²) in [6.45, 7) is 5.20. The molecule has 0 bridgehead atoms. The fraction of sp³-hybridized carbons (Fsp3) is 0.500. The van der Waals surface area contributed by atoms with E-state index in [4.69, 9.17) is 0 Å². The monoisotopic (exact) mass is 156 g/mol. The van der Waals surface area contributed by atoms with Crippen LogP contribution in [0.5, 0.6) is 0 Å². The number of ether oxygens (including phenoxy) is 1. The van der Waals surface area contributed by atoms with Crippen LogP contribution >= 0.6 is 0 Å². The molecule has 0 aromatic carbocycles. The Morgan fingerprint density at radius 3 is 2.64 bits per heavy atom. The van der Waals surface area contributed by atoms with Crippen LogP contribution in [0.4, 0.5) is 0 Å². The van der Waals surface area contributed by atoms with Crippen molar-refractivity contribution in [2.24, 2.45) is 5.92 Å². The van der Waals surface area contributed by atoms with Crippen molar-refractivity contribution >= 4 is 12.3 Å². The number of carbonyl (C=O) groups excluding carboxylic acids is 2. The number of esters is 1. The van der Waals surface area contributed by atoms with E-state index in [-0.39, 0.29) is 5.92 Å². The summed E-state index contributed by atoms with van der Waals surface area (Å²) in [4.78, 5) is 20.9. The normalized spacial score (nSPS) is 11.8. The van der Waals surface area contributed by atoms with Crippen molar-refractivity contribution in [2.45, 2.75) is 13.3 Å². The minimum absolute atomic E-state index is 0.165. The van der Waals surface area contributed by atoms with Gasteiger partial charge in [0.1, 0.15) is 6.29 Å². The van der Waals surface area contributed by atoms with Crippen molar-refractivity contribution in [3.8, 4) is 0 Å². The number of hydrogen-bond acceptors (Lipinski definition) is 3. The molecule has 11 heavy (non-hydrogen) atoms. The minimum atomic E-state index is -0.446. The van der Waals surface area contributed by atoms with E-state index in [0.29, 0.717) is 12.0 Å². The standard InChI is InChI=1S/C8H12O3/c1-6(5-9)4-7(2)8(10)11-3/h5-6H,2,4H2,1,3H3. The molecule has 0 saturated heterocycles. The number of hydrogen-bond donors (Lipinski definition) is 0. The van der Waals surface area contributed by atoms with Gasteiger partial charge in [-0.25, -0.2) is 4.79 Å². The van der Waals surface area contributed by atoms with Gasteiger partial charge < -0.3 is 9.53 Å². The fourth-order valence-electron chi connectivity index (χ4n) is 0.664. The topological polar surface area (TPSA) is 43.4 Å². The minimum Gasteiger partial charge on any atom is -0.466 e. The summed E-state index contributed by atoms with van der Waals surface area (Å²) < 4.78 is 4.40. The van der Waals surface area contributed by atoms with Gasteiger partial charge in [0.15, 0.2) is 0 Å². The van der Waals surface area contributed by atoms with Crippen molar-refractivity contribution in [3.05, 3.63) is 12.2 Å². The Morgan fingerprint density at radius 2 is 2.27 bits per heavy atom. The second-order valence-electron chi connectivity index (χ2n) is 2.41. The fourth-order valence-corrected chi connectivity index (χ4v) is 0.664. The first-order chi connectivity index (χ1) is 5.11. The van der Waals surface area contributed by atoms with E-state index in [1.54, 1.807) is 6.92 Å². The molecule has 0 amide bonds. The molecule has 0 N–H and O–H groups in total. The lowest BCUT2D eigenvalue weighted by Gasteiger charge is -2.04. The zero-order chi connectivity index (χ0) is 8.85. The van der Waals surface area contributed by atoms with E-state index in [9.17, 15) is 9.59 Å². The van der Waals surface area contributed by atoms with Gasteiger partial charge in [-0.15, -0.1) is 0 Å². The summed E-state index contributed by atoms with van der Waals surface area (Å²) in [5.41, 5.74) is 0.340. The molecule has 0 rings (SSSR count). The Labute approximate surface area is 66.0 Å². The van der Waals surface area contributed by atoms with Crippen molar-refractivity contribution in [2.75, 3.05) is 7.11 Å². The molecule has 0 aromatic rings. The molecule has 0 spiro atoms. The van der Waals surface area contributed by atoms with Crippen LogP contribution in [-0.4, -0.2) is 19.4 Å². The van der Waals surface area contributed by atoms with Crippen LogP contribution in [0, 0.1) is 5.92 Å². The molecule has 1 atom stereocenters. The van der Waals surface area contributed by atoms with Crippen LogP contribution in [0.25, 0.3) is 0 Å². The highest BCUT2D eigenvalue weighted by Crippen LogP contribution is 2.07. The molecule has 0 aliphatic rings. The first-order valence-corrected chi connectivity index (χ1v) is 3.33. The third-order valence-corrected chi connectivity index (χ3v) is 1.27. The van der Waals surface area contributed by atoms with Gasteiger partial charge >= 0.3 is 5.97 Å². The molecule has 0 radical (unpaired) electrons. The molecule has 0 fully saturated rings. The second kappa shape index (κ2) is 4.66. The molecule has 62 valence electrons. The molecule has 0 aromatic heterocycles. The van der Waals surface area contributed by atoms with Crippen molar-refractivity contribution < 1.29 is 14.3 Å². The van der Waals surface area contributed by atoms with Gasteiger partial charge in [0.25, 0.3) is 0 Å². The third kappa shape index (κ3) is 3.55. The first-order valence-electron chi connectivity index (χ1n) is 3.33. The summed E-state index contributed by atoms with van der Waals surface area (Å²) in [5.74, 6) is -0.611. The summed E-state index contributed by atoms with van der Waals surface area (Å²) in [6, 6.07) is 0. The lowest BCUT2D eigenvalue weighted by Crippen LogP contribution is -2.07. The van der Waals surface area contributed by atoms with Crippen molar-refractivity contribution in [1.82, 2.24) is 0 Å². The summed E-state index contributed by atoms with van der Waals surface area (Å²) in [7, 11) is 1.29. The highest BCUT2D eigenvalue weighted by Gasteiger charge is 2.09. The highest BCUT2D eigenvalue weighted by atomic mass is 16.5. The molecule has 0 aliphatic heterocycles. The Hall–Kier alpha value is -1.12. The van der Waals surface area contributed by atoms with Gasteiger partial charge in [-0.1, -0.05) is 13.5 Å². The van der Waals surface area contributed by atoms with Crippen LogP contribution in [0.1, 0.15) is 13.3 Å².